The van der Waals surface area contributed by atoms with E-state index in [9.17, 15) is 0 Å². The lowest BCUT2D eigenvalue weighted by atomic mass is 10.5. The van der Waals surface area contributed by atoms with Crippen molar-refractivity contribution in [2.75, 3.05) is 5.32 Å². The fourth-order valence-electron chi connectivity index (χ4n) is 0.955. The van der Waals surface area contributed by atoms with Crippen LogP contribution in [0.5, 0.6) is 0 Å². The number of thiazole rings is 1. The molecule has 0 atom stereocenters. The molecule has 0 fully saturated rings. The summed E-state index contributed by atoms with van der Waals surface area (Å²) in [4.78, 5) is 5.37. The van der Waals surface area contributed by atoms with E-state index in [4.69, 9.17) is 12.2 Å². The van der Waals surface area contributed by atoms with Gasteiger partial charge >= 0.3 is 0 Å². The number of nitrogens with one attached hydrogen (secondary N) is 2. The van der Waals surface area contributed by atoms with E-state index >= 15 is 0 Å². The molecule has 0 radical (unpaired) electrons. The lowest BCUT2D eigenvalue weighted by Gasteiger charge is -1.96. The van der Waals surface area contributed by atoms with Gasteiger partial charge in [0, 0.05) is 11.1 Å². The van der Waals surface area contributed by atoms with Gasteiger partial charge in [-0.3, -0.25) is 5.10 Å². The summed E-state index contributed by atoms with van der Waals surface area (Å²) in [6.45, 7) is 2.74. The van der Waals surface area contributed by atoms with Crippen LogP contribution in [0.3, 0.4) is 0 Å². The molecular weight excluding hydrogens is 236 g/mol. The maximum Gasteiger partial charge on any atom is 0.204 e. The molecule has 0 saturated carbocycles. The van der Waals surface area contributed by atoms with Gasteiger partial charge in [-0.25, -0.2) is 4.98 Å². The number of H-pyrrole nitrogens is 1. The van der Waals surface area contributed by atoms with E-state index in [1.54, 1.807) is 11.3 Å². The quantitative estimate of drug-likeness (QED) is 0.815. The summed E-state index contributed by atoms with van der Waals surface area (Å²) in [5, 5.41) is 11.8. The summed E-state index contributed by atoms with van der Waals surface area (Å²) in [7, 11) is 0. The zero-order valence-electron chi connectivity index (χ0n) is 7.40. The third-order valence-corrected chi connectivity index (χ3v) is 3.48. The number of aromatic amines is 1. The molecule has 0 saturated heterocycles. The van der Waals surface area contributed by atoms with Gasteiger partial charge in [-0.2, -0.15) is 0 Å². The number of hydrogen-bond acceptors (Lipinski definition) is 6. The molecule has 2 rings (SSSR count). The van der Waals surface area contributed by atoms with Crippen molar-refractivity contribution in [2.24, 2.45) is 0 Å². The Labute approximate surface area is 94.0 Å². The predicted molar refractivity (Wildman–Crippen MR) is 61.5 cm³/mol. The van der Waals surface area contributed by atoms with Crippen LogP contribution >= 0.6 is 34.9 Å². The summed E-state index contributed by atoms with van der Waals surface area (Å²) in [6, 6.07) is 0. The van der Waals surface area contributed by atoms with Crippen LogP contribution in [0.15, 0.2) is 6.20 Å². The molecule has 0 unspecified atom stereocenters. The monoisotopic (exact) mass is 244 g/mol. The molecule has 74 valence electrons. The molecule has 2 aromatic heterocycles. The van der Waals surface area contributed by atoms with Crippen molar-refractivity contribution in [1.29, 1.82) is 0 Å². The van der Waals surface area contributed by atoms with E-state index in [2.05, 4.69) is 20.5 Å². The van der Waals surface area contributed by atoms with Crippen molar-refractivity contribution in [3.63, 3.8) is 0 Å². The maximum absolute atomic E-state index is 4.92. The maximum atomic E-state index is 4.92. The topological polar surface area (TPSA) is 53.6 Å². The summed E-state index contributed by atoms with van der Waals surface area (Å²) in [5.74, 6) is 0. The highest BCUT2D eigenvalue weighted by Crippen LogP contribution is 2.15. The molecule has 0 aliphatic heterocycles. The SMILES string of the molecule is Cc1ncc(CNc2n[nH]c(=S)s2)s1. The Balaban J connectivity index is 1.98. The third-order valence-electron chi connectivity index (χ3n) is 1.52. The predicted octanol–water partition coefficient (Wildman–Crippen LogP) is 2.58. The smallest absolute Gasteiger partial charge is 0.204 e. The molecule has 0 aliphatic carbocycles. The average Bonchev–Trinajstić information content (AvgIpc) is 2.72. The van der Waals surface area contributed by atoms with Crippen molar-refractivity contribution in [3.05, 3.63) is 20.0 Å². The second kappa shape index (κ2) is 4.16. The summed E-state index contributed by atoms with van der Waals surface area (Å²) in [6.07, 6.45) is 1.87. The van der Waals surface area contributed by atoms with Crippen LogP contribution in [0.25, 0.3) is 0 Å². The van der Waals surface area contributed by atoms with Gasteiger partial charge in [0.2, 0.25) is 5.13 Å². The van der Waals surface area contributed by atoms with E-state index in [-0.39, 0.29) is 0 Å². The largest absolute Gasteiger partial charge is 0.355 e. The molecule has 0 amide bonds. The standard InChI is InChI=1S/C7H8N4S3/c1-4-8-2-5(13-4)3-9-6-10-11-7(12)14-6/h2H,3H2,1H3,(H,9,10)(H,11,12). The first-order valence-corrected chi connectivity index (χ1v) is 5.99. The van der Waals surface area contributed by atoms with Crippen LogP contribution < -0.4 is 5.32 Å². The van der Waals surface area contributed by atoms with Crippen LogP contribution in [0.4, 0.5) is 5.13 Å². The van der Waals surface area contributed by atoms with Crippen molar-refractivity contribution in [1.82, 2.24) is 15.2 Å². The Bertz CT molecular complexity index is 469. The number of nitrogens with zero attached hydrogens (tertiary/aromatic N) is 2. The highest BCUT2D eigenvalue weighted by molar-refractivity contribution is 7.73. The zero-order chi connectivity index (χ0) is 9.97. The Morgan fingerprint density at radius 2 is 2.43 bits per heavy atom. The highest BCUT2D eigenvalue weighted by atomic mass is 32.1. The zero-order valence-corrected chi connectivity index (χ0v) is 9.85. The Kier molecular flexibility index (Phi) is 2.90. The van der Waals surface area contributed by atoms with Crippen molar-refractivity contribution >= 4 is 40.0 Å². The number of aromatic nitrogens is 3. The van der Waals surface area contributed by atoms with Crippen LogP contribution in [0, 0.1) is 10.9 Å². The number of rotatable bonds is 3. The molecule has 0 aromatic carbocycles. The lowest BCUT2D eigenvalue weighted by molar-refractivity contribution is 1.05. The van der Waals surface area contributed by atoms with E-state index < -0.39 is 0 Å². The second-order valence-electron chi connectivity index (χ2n) is 2.62. The minimum Gasteiger partial charge on any atom is -0.355 e. The van der Waals surface area contributed by atoms with Gasteiger partial charge < -0.3 is 5.32 Å². The Morgan fingerprint density at radius 1 is 1.57 bits per heavy atom. The average molecular weight is 244 g/mol. The van der Waals surface area contributed by atoms with Crippen LogP contribution in [0.2, 0.25) is 0 Å². The van der Waals surface area contributed by atoms with Gasteiger partial charge in [0.05, 0.1) is 11.6 Å². The molecule has 14 heavy (non-hydrogen) atoms. The van der Waals surface area contributed by atoms with Gasteiger partial charge in [0.1, 0.15) is 0 Å². The number of aryl methyl sites for hydroxylation is 1. The Morgan fingerprint density at radius 3 is 3.00 bits per heavy atom. The molecule has 7 heteroatoms. The fourth-order valence-corrected chi connectivity index (χ4v) is 2.47. The molecule has 4 nitrogen and oxygen atoms in total. The van der Waals surface area contributed by atoms with Gasteiger partial charge in [-0.1, -0.05) is 11.3 Å². The van der Waals surface area contributed by atoms with Crippen molar-refractivity contribution < 1.29 is 0 Å². The molecule has 0 spiro atoms. The normalized spacial score (nSPS) is 10.4. The van der Waals surface area contributed by atoms with E-state index in [0.29, 0.717) is 3.95 Å². The van der Waals surface area contributed by atoms with Gasteiger partial charge in [-0.15, -0.1) is 16.4 Å². The highest BCUT2D eigenvalue weighted by Gasteiger charge is 1.99. The first-order valence-electron chi connectivity index (χ1n) is 3.95. The molecule has 2 heterocycles. The van der Waals surface area contributed by atoms with Crippen molar-refractivity contribution in [2.45, 2.75) is 13.5 Å². The first-order chi connectivity index (χ1) is 6.74. The van der Waals surface area contributed by atoms with Gasteiger partial charge in [0.15, 0.2) is 3.95 Å². The van der Waals surface area contributed by atoms with E-state index in [0.717, 1.165) is 16.7 Å². The van der Waals surface area contributed by atoms with E-state index in [1.807, 2.05) is 13.1 Å². The third kappa shape index (κ3) is 2.37. The van der Waals surface area contributed by atoms with Crippen LogP contribution in [-0.2, 0) is 6.54 Å². The molecule has 2 N–H and O–H groups in total. The molecule has 0 bridgehead atoms. The van der Waals surface area contributed by atoms with Gasteiger partial charge in [-0.05, 0) is 19.1 Å². The summed E-state index contributed by atoms with van der Waals surface area (Å²) < 4.78 is 0.688. The van der Waals surface area contributed by atoms with Crippen LogP contribution in [-0.4, -0.2) is 15.2 Å². The van der Waals surface area contributed by atoms with Crippen molar-refractivity contribution in [3.8, 4) is 0 Å². The molecule has 0 aliphatic rings. The van der Waals surface area contributed by atoms with E-state index in [1.165, 1.54) is 16.2 Å². The first kappa shape index (κ1) is 9.75. The summed E-state index contributed by atoms with van der Waals surface area (Å²) in [5.41, 5.74) is 0. The Hall–Kier alpha value is -0.790. The lowest BCUT2D eigenvalue weighted by Crippen LogP contribution is -1.96. The minimum atomic E-state index is 0.688. The fraction of sp³-hybridized carbons (Fsp3) is 0.286. The number of anilines is 1. The summed E-state index contributed by atoms with van der Waals surface area (Å²) >= 11 is 8.03. The number of hydrogen-bond donors (Lipinski definition) is 2. The second-order valence-corrected chi connectivity index (χ2v) is 5.60. The molecular formula is C7H8N4S3. The molecule has 2 aromatic rings. The van der Waals surface area contributed by atoms with Gasteiger partial charge in [0.25, 0.3) is 0 Å². The minimum absolute atomic E-state index is 0.688. The van der Waals surface area contributed by atoms with Crippen LogP contribution in [0.1, 0.15) is 9.88 Å².